The van der Waals surface area contributed by atoms with Crippen molar-refractivity contribution in [3.05, 3.63) is 65.7 Å². The molecule has 0 aliphatic carbocycles. The summed E-state index contributed by atoms with van der Waals surface area (Å²) in [5.74, 6) is 0.152. The normalized spacial score (nSPS) is 17.9. The first-order valence-corrected chi connectivity index (χ1v) is 11.2. The van der Waals surface area contributed by atoms with E-state index in [-0.39, 0.29) is 18.0 Å². The maximum absolute atomic E-state index is 13.2. The van der Waals surface area contributed by atoms with Crippen molar-refractivity contribution in [2.45, 2.75) is 43.2 Å². The lowest BCUT2D eigenvalue weighted by molar-refractivity contribution is -0.134. The van der Waals surface area contributed by atoms with Crippen LogP contribution in [-0.2, 0) is 15.6 Å². The highest BCUT2D eigenvalue weighted by molar-refractivity contribution is 7.84. The summed E-state index contributed by atoms with van der Waals surface area (Å²) in [6.45, 7) is 3.75. The molecule has 1 aliphatic heterocycles. The van der Waals surface area contributed by atoms with Crippen LogP contribution in [0.1, 0.15) is 49.4 Å². The van der Waals surface area contributed by atoms with Gasteiger partial charge in [-0.15, -0.1) is 0 Å². The largest absolute Gasteiger partial charge is 0.341 e. The monoisotopic (exact) mass is 384 g/mol. The number of rotatable bonds is 6. The van der Waals surface area contributed by atoms with Crippen LogP contribution in [0.4, 0.5) is 0 Å². The van der Waals surface area contributed by atoms with Gasteiger partial charge in [-0.25, -0.2) is 0 Å². The second kappa shape index (κ2) is 9.29. The fraction of sp³-hybridized carbons (Fsp3) is 0.409. The number of likely N-dealkylation sites (tertiary alicyclic amines) is 1. The molecule has 3 rings (SSSR count). The van der Waals surface area contributed by atoms with Crippen molar-refractivity contribution in [3.8, 4) is 0 Å². The van der Waals surface area contributed by atoms with Crippen LogP contribution < -0.4 is 5.32 Å². The van der Waals surface area contributed by atoms with E-state index in [2.05, 4.69) is 12.2 Å². The van der Waals surface area contributed by atoms with Crippen molar-refractivity contribution < 1.29 is 9.00 Å². The highest BCUT2D eigenvalue weighted by Crippen LogP contribution is 2.24. The van der Waals surface area contributed by atoms with Crippen molar-refractivity contribution in [2.75, 3.05) is 19.3 Å². The minimum atomic E-state index is -0.983. The molecule has 27 heavy (non-hydrogen) atoms. The SMILES string of the molecule is CC(NC(C(=O)N1CCCCC1)c1ccccc1)c1ccc(S(C)=O)cc1. The lowest BCUT2D eigenvalue weighted by Crippen LogP contribution is -2.43. The number of hydrogen-bond donors (Lipinski definition) is 1. The number of nitrogens with zero attached hydrogens (tertiary/aromatic N) is 1. The topological polar surface area (TPSA) is 49.4 Å². The van der Waals surface area contributed by atoms with Crippen LogP contribution in [0, 0.1) is 0 Å². The molecule has 144 valence electrons. The van der Waals surface area contributed by atoms with E-state index >= 15 is 0 Å². The molecule has 0 saturated carbocycles. The molecule has 1 fully saturated rings. The molecule has 0 spiro atoms. The molecule has 2 aromatic carbocycles. The first-order valence-electron chi connectivity index (χ1n) is 9.59. The van der Waals surface area contributed by atoms with Gasteiger partial charge in [-0.1, -0.05) is 42.5 Å². The zero-order valence-corrected chi connectivity index (χ0v) is 16.9. The number of amides is 1. The molecule has 5 heteroatoms. The number of hydrogen-bond acceptors (Lipinski definition) is 3. The average molecular weight is 385 g/mol. The molecule has 2 aromatic rings. The molecule has 3 atom stereocenters. The Bertz CT molecular complexity index is 771. The maximum Gasteiger partial charge on any atom is 0.244 e. The van der Waals surface area contributed by atoms with E-state index in [1.54, 1.807) is 6.26 Å². The van der Waals surface area contributed by atoms with Gasteiger partial charge in [0.2, 0.25) is 5.91 Å². The molecule has 0 aromatic heterocycles. The summed E-state index contributed by atoms with van der Waals surface area (Å²) < 4.78 is 11.6. The van der Waals surface area contributed by atoms with Crippen molar-refractivity contribution in [1.29, 1.82) is 0 Å². The fourth-order valence-corrected chi connectivity index (χ4v) is 4.07. The molecule has 1 heterocycles. The minimum Gasteiger partial charge on any atom is -0.341 e. The standard InChI is InChI=1S/C22H28N2O2S/c1-17(18-11-13-20(14-12-18)27(2)26)23-21(19-9-5-3-6-10-19)22(25)24-15-7-4-8-16-24/h3,5-6,9-14,17,21,23H,4,7-8,15-16H2,1-2H3. The molecular formula is C22H28N2O2S. The van der Waals surface area contributed by atoms with Crippen LogP contribution in [0.5, 0.6) is 0 Å². The number of carbonyl (C=O) groups is 1. The van der Waals surface area contributed by atoms with E-state index in [4.69, 9.17) is 0 Å². The third-order valence-electron chi connectivity index (χ3n) is 5.18. The predicted octanol–water partition coefficient (Wildman–Crippen LogP) is 3.83. The average Bonchev–Trinajstić information content (AvgIpc) is 2.72. The lowest BCUT2D eigenvalue weighted by atomic mass is 10.0. The molecule has 0 radical (unpaired) electrons. The van der Waals surface area contributed by atoms with Crippen LogP contribution in [0.15, 0.2) is 59.5 Å². The Balaban J connectivity index is 1.80. The Morgan fingerprint density at radius 2 is 1.59 bits per heavy atom. The Kier molecular flexibility index (Phi) is 6.80. The van der Waals surface area contributed by atoms with Crippen molar-refractivity contribution in [1.82, 2.24) is 10.2 Å². The van der Waals surface area contributed by atoms with E-state index in [0.29, 0.717) is 0 Å². The van der Waals surface area contributed by atoms with E-state index < -0.39 is 10.8 Å². The Morgan fingerprint density at radius 3 is 2.19 bits per heavy atom. The second-order valence-electron chi connectivity index (χ2n) is 7.14. The quantitative estimate of drug-likeness (QED) is 0.823. The van der Waals surface area contributed by atoms with Gasteiger partial charge in [0.25, 0.3) is 0 Å². The summed E-state index contributed by atoms with van der Waals surface area (Å²) in [5, 5.41) is 3.53. The number of nitrogens with one attached hydrogen (secondary N) is 1. The van der Waals surface area contributed by atoms with Gasteiger partial charge < -0.3 is 4.90 Å². The van der Waals surface area contributed by atoms with E-state index in [1.807, 2.05) is 59.5 Å². The van der Waals surface area contributed by atoms with Crippen LogP contribution in [-0.4, -0.2) is 34.4 Å². The van der Waals surface area contributed by atoms with Gasteiger partial charge in [0, 0.05) is 41.1 Å². The van der Waals surface area contributed by atoms with E-state index in [1.165, 1.54) is 6.42 Å². The van der Waals surface area contributed by atoms with Gasteiger partial charge in [-0.05, 0) is 49.4 Å². The van der Waals surface area contributed by atoms with Gasteiger partial charge in [0.05, 0.1) is 0 Å². The second-order valence-corrected chi connectivity index (χ2v) is 8.52. The first-order chi connectivity index (χ1) is 13.1. The van der Waals surface area contributed by atoms with Crippen molar-refractivity contribution in [2.24, 2.45) is 0 Å². The fourth-order valence-electron chi connectivity index (χ4n) is 3.55. The molecule has 1 aliphatic rings. The Morgan fingerprint density at radius 1 is 0.963 bits per heavy atom. The Labute approximate surface area is 164 Å². The van der Waals surface area contributed by atoms with Crippen LogP contribution >= 0.6 is 0 Å². The highest BCUT2D eigenvalue weighted by atomic mass is 32.2. The summed E-state index contributed by atoms with van der Waals surface area (Å²) in [6, 6.07) is 17.4. The van der Waals surface area contributed by atoms with E-state index in [0.717, 1.165) is 42.0 Å². The minimum absolute atomic E-state index is 0.00304. The number of benzene rings is 2. The first kappa shape index (κ1) is 19.8. The molecule has 1 N–H and O–H groups in total. The maximum atomic E-state index is 13.2. The third kappa shape index (κ3) is 5.05. The molecule has 0 bridgehead atoms. The van der Waals surface area contributed by atoms with Gasteiger partial charge in [-0.2, -0.15) is 0 Å². The number of piperidine rings is 1. The van der Waals surface area contributed by atoms with Crippen LogP contribution in [0.25, 0.3) is 0 Å². The summed E-state index contributed by atoms with van der Waals surface area (Å²) in [4.78, 5) is 16.0. The smallest absolute Gasteiger partial charge is 0.244 e. The van der Waals surface area contributed by atoms with Crippen LogP contribution in [0.2, 0.25) is 0 Å². The van der Waals surface area contributed by atoms with Gasteiger partial charge >= 0.3 is 0 Å². The van der Waals surface area contributed by atoms with Crippen molar-refractivity contribution in [3.63, 3.8) is 0 Å². The van der Waals surface area contributed by atoms with Crippen LogP contribution in [0.3, 0.4) is 0 Å². The molecule has 1 saturated heterocycles. The van der Waals surface area contributed by atoms with Crippen molar-refractivity contribution >= 4 is 16.7 Å². The lowest BCUT2D eigenvalue weighted by Gasteiger charge is -2.32. The zero-order chi connectivity index (χ0) is 19.2. The van der Waals surface area contributed by atoms with Gasteiger partial charge in [0.15, 0.2) is 0 Å². The predicted molar refractivity (Wildman–Crippen MR) is 110 cm³/mol. The zero-order valence-electron chi connectivity index (χ0n) is 16.1. The summed E-state index contributed by atoms with van der Waals surface area (Å²) in [5.41, 5.74) is 2.07. The number of carbonyl (C=O) groups excluding carboxylic acids is 1. The molecular weight excluding hydrogens is 356 g/mol. The van der Waals surface area contributed by atoms with E-state index in [9.17, 15) is 9.00 Å². The summed E-state index contributed by atoms with van der Waals surface area (Å²) in [6.07, 6.45) is 5.05. The van der Waals surface area contributed by atoms with Gasteiger partial charge in [-0.3, -0.25) is 14.3 Å². The third-order valence-corrected chi connectivity index (χ3v) is 6.11. The highest BCUT2D eigenvalue weighted by Gasteiger charge is 2.28. The molecule has 4 nitrogen and oxygen atoms in total. The molecule has 3 unspecified atom stereocenters. The Hall–Kier alpha value is -1.98. The van der Waals surface area contributed by atoms with Gasteiger partial charge in [0.1, 0.15) is 6.04 Å². The summed E-state index contributed by atoms with van der Waals surface area (Å²) >= 11 is 0. The molecule has 1 amide bonds. The summed E-state index contributed by atoms with van der Waals surface area (Å²) in [7, 11) is -0.983.